The fraction of sp³-hybridized carbons (Fsp3) is 0.857. The van der Waals surface area contributed by atoms with Gasteiger partial charge < -0.3 is 14.4 Å². The molecule has 0 heterocycles. The van der Waals surface area contributed by atoms with E-state index in [0.717, 1.165) is 19.3 Å². The van der Waals surface area contributed by atoms with Crippen LogP contribution in [0.25, 0.3) is 0 Å². The molecule has 5 heteroatoms. The minimum atomic E-state index is -2.24. The summed E-state index contributed by atoms with van der Waals surface area (Å²) in [5.41, 5.74) is 0. The molecule has 0 spiro atoms. The maximum Gasteiger partial charge on any atom is 0.133 e. The highest BCUT2D eigenvalue weighted by atomic mass is 35.5. The van der Waals surface area contributed by atoms with Gasteiger partial charge in [-0.05, 0) is 12.8 Å². The van der Waals surface area contributed by atoms with E-state index < -0.39 is 18.9 Å². The summed E-state index contributed by atoms with van der Waals surface area (Å²) < 4.78 is 22.1. The van der Waals surface area contributed by atoms with E-state index in [4.69, 9.17) is 4.11 Å². The lowest BCUT2D eigenvalue weighted by atomic mass is 9.95. The molecular weight excluding hydrogens is 266 g/mol. The molecule has 0 aliphatic rings. The molecule has 19 heavy (non-hydrogen) atoms. The summed E-state index contributed by atoms with van der Waals surface area (Å²) in [6.07, 6.45) is 3.03. The summed E-state index contributed by atoms with van der Waals surface area (Å²) in [5, 5.41) is 10.8. The van der Waals surface area contributed by atoms with Crippen molar-refractivity contribution in [2.24, 2.45) is 5.92 Å². The predicted octanol–water partition coefficient (Wildman–Crippen LogP) is 1.41. The average molecular weight is 297 g/mol. The Labute approximate surface area is 127 Å². The predicted molar refractivity (Wildman–Crippen MR) is 77.0 cm³/mol. The van der Waals surface area contributed by atoms with Crippen LogP contribution in [0.3, 0.4) is 0 Å². The Kier molecular flexibility index (Phi) is 7.95. The van der Waals surface area contributed by atoms with Gasteiger partial charge in [-0.15, -0.1) is 12.4 Å². The average Bonchev–Trinajstić information content (AvgIpc) is 2.25. The standard InChI is InChI=1S/C14H27NO3.ClH/c1-5-6-7-8-13(16)9-12(10-14(17)18)11-15(2,3)4;/h12H,5-11H2,1-4H3;1H/t12-;/m1./s1/i2D3;. The van der Waals surface area contributed by atoms with Gasteiger partial charge in [-0.25, -0.2) is 0 Å². The first-order chi connectivity index (χ1) is 9.49. The number of unbranched alkanes of at least 4 members (excludes halogenated alkanes) is 2. The molecule has 0 aromatic heterocycles. The topological polar surface area (TPSA) is 57.2 Å². The third-order valence-electron chi connectivity index (χ3n) is 2.75. The third kappa shape index (κ3) is 13.6. The number of Topliss-reactive ketones (excluding diaryl/α,β-unsaturated/α-hetero) is 1. The summed E-state index contributed by atoms with van der Waals surface area (Å²) in [6.45, 7) is -0.0842. The summed E-state index contributed by atoms with van der Waals surface area (Å²) in [5.74, 6) is -1.74. The Bertz CT molecular complexity index is 360. The Balaban J connectivity index is 0. The number of aliphatic carboxylic acids is 1. The van der Waals surface area contributed by atoms with Gasteiger partial charge in [0.25, 0.3) is 0 Å². The second-order valence-electron chi connectivity index (χ2n) is 5.51. The molecule has 0 N–H and O–H groups in total. The largest absolute Gasteiger partial charge is 0.550 e. The molecule has 0 aliphatic carbocycles. The van der Waals surface area contributed by atoms with Gasteiger partial charge in [-0.3, -0.25) is 4.79 Å². The van der Waals surface area contributed by atoms with Crippen molar-refractivity contribution < 1.29 is 23.3 Å². The van der Waals surface area contributed by atoms with Gasteiger partial charge in [0.2, 0.25) is 0 Å². The molecule has 0 aromatic carbocycles. The zero-order chi connectivity index (χ0) is 16.7. The SMILES string of the molecule is Cl.[2H]C([2H])([2H])[N+](C)(C)C[C@@H](CC(=O)[O-])CC(=O)CCCCC. The smallest absolute Gasteiger partial charge is 0.133 e. The number of hydrogen-bond acceptors (Lipinski definition) is 3. The highest BCUT2D eigenvalue weighted by Gasteiger charge is 2.21. The fourth-order valence-corrected chi connectivity index (χ4v) is 2.08. The van der Waals surface area contributed by atoms with E-state index in [1.54, 1.807) is 0 Å². The quantitative estimate of drug-likeness (QED) is 0.452. The number of carboxylic acids is 1. The van der Waals surface area contributed by atoms with Crippen LogP contribution in [0.15, 0.2) is 0 Å². The van der Waals surface area contributed by atoms with Crippen LogP contribution in [0.2, 0.25) is 0 Å². The number of hydrogen-bond donors (Lipinski definition) is 0. The van der Waals surface area contributed by atoms with Crippen LogP contribution in [0, 0.1) is 5.92 Å². The number of rotatable bonds is 10. The maximum atomic E-state index is 11.9. The van der Waals surface area contributed by atoms with Crippen molar-refractivity contribution in [3.8, 4) is 0 Å². The molecule has 0 radical (unpaired) electrons. The summed E-state index contributed by atoms with van der Waals surface area (Å²) in [6, 6.07) is 0. The zero-order valence-electron chi connectivity index (χ0n) is 15.1. The van der Waals surface area contributed by atoms with Crippen LogP contribution in [-0.4, -0.2) is 43.9 Å². The van der Waals surface area contributed by atoms with E-state index in [-0.39, 0.29) is 42.1 Å². The Hall–Kier alpha value is -0.610. The first-order valence-corrected chi connectivity index (χ1v) is 6.54. The van der Waals surface area contributed by atoms with Gasteiger partial charge in [-0.2, -0.15) is 0 Å². The first kappa shape index (κ1) is 14.8. The third-order valence-corrected chi connectivity index (χ3v) is 2.75. The number of nitrogens with zero attached hydrogens (tertiary/aromatic N) is 1. The van der Waals surface area contributed by atoms with Crippen molar-refractivity contribution in [1.82, 2.24) is 0 Å². The molecule has 1 atom stereocenters. The number of halogens is 1. The molecule has 0 amide bonds. The second-order valence-corrected chi connectivity index (χ2v) is 5.51. The molecule has 0 fully saturated rings. The van der Waals surface area contributed by atoms with Crippen LogP contribution in [-0.2, 0) is 9.59 Å². The highest BCUT2D eigenvalue weighted by Crippen LogP contribution is 2.15. The Morgan fingerprint density at radius 2 is 1.89 bits per heavy atom. The van der Waals surface area contributed by atoms with Crippen molar-refractivity contribution in [1.29, 1.82) is 0 Å². The van der Waals surface area contributed by atoms with Crippen molar-refractivity contribution in [3.05, 3.63) is 0 Å². The van der Waals surface area contributed by atoms with E-state index in [2.05, 4.69) is 0 Å². The second kappa shape index (κ2) is 10.2. The number of ketones is 1. The molecule has 0 rings (SSSR count). The van der Waals surface area contributed by atoms with Crippen LogP contribution in [0.1, 0.15) is 49.6 Å². The van der Waals surface area contributed by atoms with E-state index in [0.29, 0.717) is 6.42 Å². The Morgan fingerprint density at radius 1 is 1.26 bits per heavy atom. The van der Waals surface area contributed by atoms with Crippen molar-refractivity contribution >= 4 is 24.2 Å². The van der Waals surface area contributed by atoms with Crippen molar-refractivity contribution in [2.75, 3.05) is 27.6 Å². The van der Waals surface area contributed by atoms with Gasteiger partial charge in [0.15, 0.2) is 0 Å². The van der Waals surface area contributed by atoms with E-state index in [1.807, 2.05) is 6.92 Å². The molecule has 0 saturated carbocycles. The lowest BCUT2D eigenvalue weighted by Gasteiger charge is -2.29. The molecule has 0 aliphatic heterocycles. The van der Waals surface area contributed by atoms with Gasteiger partial charge in [0.1, 0.15) is 5.78 Å². The van der Waals surface area contributed by atoms with Crippen molar-refractivity contribution in [3.63, 3.8) is 0 Å². The first-order valence-electron chi connectivity index (χ1n) is 8.04. The lowest BCUT2D eigenvalue weighted by molar-refractivity contribution is -0.873. The monoisotopic (exact) mass is 296 g/mol. The molecule has 0 bridgehead atoms. The Morgan fingerprint density at radius 3 is 2.37 bits per heavy atom. The number of carbonyl (C=O) groups is 2. The van der Waals surface area contributed by atoms with Crippen molar-refractivity contribution in [2.45, 2.75) is 45.4 Å². The molecule has 0 saturated heterocycles. The molecule has 0 unspecified atom stereocenters. The highest BCUT2D eigenvalue weighted by molar-refractivity contribution is 5.85. The van der Waals surface area contributed by atoms with Gasteiger partial charge in [-0.1, -0.05) is 19.8 Å². The number of carboxylic acid groups (broad SMARTS) is 1. The van der Waals surface area contributed by atoms with Gasteiger partial charge in [0.05, 0.1) is 31.7 Å². The summed E-state index contributed by atoms with van der Waals surface area (Å²) in [7, 11) is 3.05. The van der Waals surface area contributed by atoms with Crippen LogP contribution < -0.4 is 5.11 Å². The fourth-order valence-electron chi connectivity index (χ4n) is 2.08. The van der Waals surface area contributed by atoms with Crippen LogP contribution in [0.4, 0.5) is 0 Å². The zero-order valence-corrected chi connectivity index (χ0v) is 12.9. The van der Waals surface area contributed by atoms with Crippen LogP contribution >= 0.6 is 12.4 Å². The number of carbonyl (C=O) groups excluding carboxylic acids is 2. The van der Waals surface area contributed by atoms with Crippen LogP contribution in [0.5, 0.6) is 0 Å². The minimum Gasteiger partial charge on any atom is -0.550 e. The van der Waals surface area contributed by atoms with Gasteiger partial charge >= 0.3 is 0 Å². The van der Waals surface area contributed by atoms with E-state index >= 15 is 0 Å². The number of quaternary nitrogens is 1. The molecular formula is C14H28ClNO3. The molecule has 114 valence electrons. The summed E-state index contributed by atoms with van der Waals surface area (Å²) in [4.78, 5) is 22.7. The maximum absolute atomic E-state index is 11.9. The lowest BCUT2D eigenvalue weighted by Crippen LogP contribution is -2.41. The van der Waals surface area contributed by atoms with E-state index in [9.17, 15) is 14.7 Å². The normalized spacial score (nSPS) is 15.6. The molecule has 4 nitrogen and oxygen atoms in total. The van der Waals surface area contributed by atoms with E-state index in [1.165, 1.54) is 14.1 Å². The summed E-state index contributed by atoms with van der Waals surface area (Å²) >= 11 is 0. The van der Waals surface area contributed by atoms with Gasteiger partial charge in [0, 0.05) is 24.7 Å². The molecule has 0 aromatic rings. The minimum absolute atomic E-state index is 0.